The normalized spacial score (nSPS) is 14.1. The summed E-state index contributed by atoms with van der Waals surface area (Å²) in [7, 11) is 0. The van der Waals surface area contributed by atoms with Crippen molar-refractivity contribution in [3.63, 3.8) is 0 Å². The first-order chi connectivity index (χ1) is 6.45. The van der Waals surface area contributed by atoms with Gasteiger partial charge in [0.05, 0.1) is 12.0 Å². The van der Waals surface area contributed by atoms with E-state index in [9.17, 15) is 5.11 Å². The number of alkyl halides is 1. The molecule has 1 aromatic rings. The van der Waals surface area contributed by atoms with Crippen molar-refractivity contribution in [1.82, 2.24) is 0 Å². The zero-order valence-corrected chi connectivity index (χ0v) is 9.67. The molecule has 0 saturated carbocycles. The predicted octanol–water partition coefficient (Wildman–Crippen LogP) is 3.26. The molecule has 78 valence electrons. The van der Waals surface area contributed by atoms with Crippen molar-refractivity contribution in [2.24, 2.45) is 0 Å². The van der Waals surface area contributed by atoms with E-state index in [0.29, 0.717) is 0 Å². The smallest absolute Gasteiger partial charge is 0.0925 e. The molecule has 0 aromatic heterocycles. The minimum absolute atomic E-state index is 0.157. The lowest BCUT2D eigenvalue weighted by atomic mass is 9.86. The molecule has 1 unspecified atom stereocenters. The summed E-state index contributed by atoms with van der Waals surface area (Å²) in [5.74, 6) is 0.245. The van der Waals surface area contributed by atoms with E-state index in [4.69, 9.17) is 11.6 Å². The summed E-state index contributed by atoms with van der Waals surface area (Å²) >= 11 is 5.57. The number of rotatable bonds is 2. The second-order valence-electron chi connectivity index (χ2n) is 4.54. The van der Waals surface area contributed by atoms with E-state index in [0.717, 1.165) is 5.56 Å². The van der Waals surface area contributed by atoms with Gasteiger partial charge >= 0.3 is 0 Å². The van der Waals surface area contributed by atoms with Crippen molar-refractivity contribution < 1.29 is 5.11 Å². The fourth-order valence-corrected chi connectivity index (χ4v) is 1.47. The summed E-state index contributed by atoms with van der Waals surface area (Å²) in [4.78, 5) is 0. The SMILES string of the molecule is CC(C)(C)c1ccc(C(O)CCl)cc1. The van der Waals surface area contributed by atoms with Crippen molar-refractivity contribution in [1.29, 1.82) is 0 Å². The Morgan fingerprint density at radius 3 is 2.07 bits per heavy atom. The van der Waals surface area contributed by atoms with Gasteiger partial charge in [0.1, 0.15) is 0 Å². The minimum Gasteiger partial charge on any atom is -0.387 e. The van der Waals surface area contributed by atoms with Gasteiger partial charge in [0.2, 0.25) is 0 Å². The summed E-state index contributed by atoms with van der Waals surface area (Å²) in [6, 6.07) is 7.97. The molecule has 1 aromatic carbocycles. The molecule has 0 heterocycles. The molecule has 0 aliphatic heterocycles. The lowest BCUT2D eigenvalue weighted by molar-refractivity contribution is 0.202. The van der Waals surface area contributed by atoms with Crippen LogP contribution in [0.5, 0.6) is 0 Å². The molecule has 0 amide bonds. The molecule has 14 heavy (non-hydrogen) atoms. The minimum atomic E-state index is -0.550. The Balaban J connectivity index is 2.89. The third-order valence-electron chi connectivity index (χ3n) is 2.31. The zero-order chi connectivity index (χ0) is 10.8. The van der Waals surface area contributed by atoms with Crippen LogP contribution in [0.15, 0.2) is 24.3 Å². The highest BCUT2D eigenvalue weighted by Crippen LogP contribution is 2.24. The highest BCUT2D eigenvalue weighted by atomic mass is 35.5. The fraction of sp³-hybridized carbons (Fsp3) is 0.500. The standard InChI is InChI=1S/C12H17ClO/c1-12(2,3)10-6-4-9(5-7-10)11(14)8-13/h4-7,11,14H,8H2,1-3H3. The van der Waals surface area contributed by atoms with Crippen LogP contribution in [0.25, 0.3) is 0 Å². The molecule has 1 N–H and O–H groups in total. The maximum absolute atomic E-state index is 9.49. The van der Waals surface area contributed by atoms with Gasteiger partial charge in [-0.05, 0) is 16.5 Å². The van der Waals surface area contributed by atoms with Gasteiger partial charge in [0.25, 0.3) is 0 Å². The first-order valence-corrected chi connectivity index (χ1v) is 5.33. The molecule has 0 fully saturated rings. The second-order valence-corrected chi connectivity index (χ2v) is 4.85. The Labute approximate surface area is 90.7 Å². The second kappa shape index (κ2) is 4.33. The molecule has 1 rings (SSSR count). The molecule has 0 saturated heterocycles. The van der Waals surface area contributed by atoms with E-state index in [1.165, 1.54) is 5.56 Å². The Bertz CT molecular complexity index is 284. The van der Waals surface area contributed by atoms with Gasteiger partial charge in [-0.25, -0.2) is 0 Å². The molecule has 0 bridgehead atoms. The van der Waals surface area contributed by atoms with Crippen molar-refractivity contribution in [3.8, 4) is 0 Å². The first kappa shape index (κ1) is 11.5. The van der Waals surface area contributed by atoms with E-state index >= 15 is 0 Å². The largest absolute Gasteiger partial charge is 0.387 e. The van der Waals surface area contributed by atoms with Gasteiger partial charge in [-0.1, -0.05) is 45.0 Å². The van der Waals surface area contributed by atoms with Crippen molar-refractivity contribution in [3.05, 3.63) is 35.4 Å². The molecular formula is C12H17ClO. The van der Waals surface area contributed by atoms with E-state index in [1.807, 2.05) is 24.3 Å². The van der Waals surface area contributed by atoms with Gasteiger partial charge in [-0.3, -0.25) is 0 Å². The van der Waals surface area contributed by atoms with Crippen molar-refractivity contribution in [2.75, 3.05) is 5.88 Å². The summed E-state index contributed by atoms with van der Waals surface area (Å²) in [6.07, 6.45) is -0.550. The van der Waals surface area contributed by atoms with Crippen LogP contribution >= 0.6 is 11.6 Å². The summed E-state index contributed by atoms with van der Waals surface area (Å²) in [5, 5.41) is 9.49. The topological polar surface area (TPSA) is 20.2 Å². The van der Waals surface area contributed by atoms with Crippen LogP contribution < -0.4 is 0 Å². The van der Waals surface area contributed by atoms with Crippen LogP contribution in [0.3, 0.4) is 0 Å². The van der Waals surface area contributed by atoms with Gasteiger partial charge in [-0.2, -0.15) is 0 Å². The molecule has 1 atom stereocenters. The number of benzene rings is 1. The van der Waals surface area contributed by atoms with Crippen molar-refractivity contribution >= 4 is 11.6 Å². The van der Waals surface area contributed by atoms with Crippen LogP contribution in [-0.2, 0) is 5.41 Å². The monoisotopic (exact) mass is 212 g/mol. The highest BCUT2D eigenvalue weighted by molar-refractivity contribution is 6.18. The van der Waals surface area contributed by atoms with Gasteiger partial charge in [0, 0.05) is 0 Å². The number of aliphatic hydroxyl groups excluding tert-OH is 1. The Morgan fingerprint density at radius 1 is 1.21 bits per heavy atom. The van der Waals surface area contributed by atoms with E-state index in [1.54, 1.807) is 0 Å². The summed E-state index contributed by atoms with van der Waals surface area (Å²) < 4.78 is 0. The van der Waals surface area contributed by atoms with Crippen LogP contribution in [0.2, 0.25) is 0 Å². The van der Waals surface area contributed by atoms with E-state index in [2.05, 4.69) is 20.8 Å². The molecule has 1 nitrogen and oxygen atoms in total. The molecule has 2 heteroatoms. The Hall–Kier alpha value is -0.530. The molecule has 0 radical (unpaired) electrons. The maximum Gasteiger partial charge on any atom is 0.0925 e. The maximum atomic E-state index is 9.49. The van der Waals surface area contributed by atoms with Crippen LogP contribution in [0.4, 0.5) is 0 Å². The predicted molar refractivity (Wildman–Crippen MR) is 60.8 cm³/mol. The average Bonchev–Trinajstić information content (AvgIpc) is 2.15. The summed E-state index contributed by atoms with van der Waals surface area (Å²) in [6.45, 7) is 6.50. The first-order valence-electron chi connectivity index (χ1n) is 4.79. The highest BCUT2D eigenvalue weighted by Gasteiger charge is 2.13. The van der Waals surface area contributed by atoms with Gasteiger partial charge in [-0.15, -0.1) is 11.6 Å². The number of halogens is 1. The molecule has 0 spiro atoms. The molecule has 0 aliphatic carbocycles. The zero-order valence-electron chi connectivity index (χ0n) is 8.92. The Morgan fingerprint density at radius 2 is 1.71 bits per heavy atom. The fourth-order valence-electron chi connectivity index (χ4n) is 1.29. The third kappa shape index (κ3) is 2.73. The van der Waals surface area contributed by atoms with Crippen LogP contribution in [0, 0.1) is 0 Å². The molecular weight excluding hydrogens is 196 g/mol. The van der Waals surface area contributed by atoms with Gasteiger partial charge < -0.3 is 5.11 Å². The lowest BCUT2D eigenvalue weighted by Gasteiger charge is -2.19. The molecule has 0 aliphatic rings. The van der Waals surface area contributed by atoms with Gasteiger partial charge in [0.15, 0.2) is 0 Å². The number of hydrogen-bond acceptors (Lipinski definition) is 1. The third-order valence-corrected chi connectivity index (χ3v) is 2.60. The van der Waals surface area contributed by atoms with E-state index in [-0.39, 0.29) is 11.3 Å². The summed E-state index contributed by atoms with van der Waals surface area (Å²) in [5.41, 5.74) is 2.31. The van der Waals surface area contributed by atoms with Crippen LogP contribution in [-0.4, -0.2) is 11.0 Å². The van der Waals surface area contributed by atoms with E-state index < -0.39 is 6.10 Å². The Kier molecular flexibility index (Phi) is 3.57. The van der Waals surface area contributed by atoms with Crippen molar-refractivity contribution in [2.45, 2.75) is 32.3 Å². The number of hydrogen-bond donors (Lipinski definition) is 1. The average molecular weight is 213 g/mol. The van der Waals surface area contributed by atoms with Crippen LogP contribution in [0.1, 0.15) is 38.0 Å². The lowest BCUT2D eigenvalue weighted by Crippen LogP contribution is -2.11. The quantitative estimate of drug-likeness (QED) is 0.747. The number of aliphatic hydroxyl groups is 1.